The van der Waals surface area contributed by atoms with Gasteiger partial charge in [-0.1, -0.05) is 24.3 Å². The molecular formula is C12H13NO5. The lowest BCUT2D eigenvalue weighted by Crippen LogP contribution is -2.56. The van der Waals surface area contributed by atoms with Gasteiger partial charge in [0, 0.05) is 0 Å². The maximum Gasteiger partial charge on any atom is 0.408 e. The van der Waals surface area contributed by atoms with Crippen LogP contribution in [0.2, 0.25) is 0 Å². The molecular weight excluding hydrogens is 238 g/mol. The zero-order chi connectivity index (χ0) is 13.5. The van der Waals surface area contributed by atoms with E-state index in [1.54, 1.807) is 18.2 Å². The second-order valence-corrected chi connectivity index (χ2v) is 4.37. The first-order chi connectivity index (χ1) is 8.39. The van der Waals surface area contributed by atoms with Crippen LogP contribution in [-0.2, 0) is 10.3 Å². The number of hydrogen-bond acceptors (Lipinski definition) is 3. The number of rotatable bonds is 1. The molecule has 1 aliphatic heterocycles. The molecule has 0 aromatic heterocycles. The molecule has 0 saturated heterocycles. The van der Waals surface area contributed by atoms with Gasteiger partial charge in [0.25, 0.3) is 0 Å². The van der Waals surface area contributed by atoms with Crippen molar-refractivity contribution in [2.45, 2.75) is 18.6 Å². The summed E-state index contributed by atoms with van der Waals surface area (Å²) >= 11 is 0. The molecule has 3 N–H and O–H groups in total. The molecule has 2 rings (SSSR count). The fraction of sp³-hybridized carbons (Fsp3) is 0.333. The van der Waals surface area contributed by atoms with Crippen LogP contribution in [0.1, 0.15) is 24.2 Å². The van der Waals surface area contributed by atoms with Crippen LogP contribution in [-0.4, -0.2) is 38.8 Å². The van der Waals surface area contributed by atoms with E-state index in [0.717, 1.165) is 4.90 Å². The molecule has 0 fully saturated rings. The SMILES string of the molecule is CC1(C(=O)O)c2ccccc2C(O)CN1C(=O)O. The molecule has 6 heteroatoms. The van der Waals surface area contributed by atoms with Crippen molar-refractivity contribution < 1.29 is 24.9 Å². The highest BCUT2D eigenvalue weighted by molar-refractivity contribution is 5.86. The summed E-state index contributed by atoms with van der Waals surface area (Å²) in [4.78, 5) is 23.4. The number of aliphatic hydroxyl groups excluding tert-OH is 1. The van der Waals surface area contributed by atoms with Crippen LogP contribution < -0.4 is 0 Å². The number of carboxylic acids is 1. The predicted octanol–water partition coefficient (Wildman–Crippen LogP) is 1.01. The number of hydrogen-bond donors (Lipinski definition) is 3. The molecule has 0 spiro atoms. The van der Waals surface area contributed by atoms with E-state index in [4.69, 9.17) is 5.11 Å². The lowest BCUT2D eigenvalue weighted by molar-refractivity contribution is -0.152. The number of fused-ring (bicyclic) bond motifs is 1. The van der Waals surface area contributed by atoms with Gasteiger partial charge in [0.1, 0.15) is 0 Å². The first-order valence-electron chi connectivity index (χ1n) is 5.40. The Balaban J connectivity index is 2.68. The van der Waals surface area contributed by atoms with Crippen LogP contribution >= 0.6 is 0 Å². The number of nitrogens with zero attached hydrogens (tertiary/aromatic N) is 1. The van der Waals surface area contributed by atoms with E-state index >= 15 is 0 Å². The zero-order valence-corrected chi connectivity index (χ0v) is 9.70. The second kappa shape index (κ2) is 3.99. The van der Waals surface area contributed by atoms with Crippen LogP contribution in [0.4, 0.5) is 4.79 Å². The highest BCUT2D eigenvalue weighted by Crippen LogP contribution is 2.39. The number of benzene rings is 1. The summed E-state index contributed by atoms with van der Waals surface area (Å²) < 4.78 is 0. The number of carboxylic acid groups (broad SMARTS) is 2. The molecule has 0 saturated carbocycles. The Bertz CT molecular complexity index is 515. The van der Waals surface area contributed by atoms with Crippen molar-refractivity contribution in [1.82, 2.24) is 4.90 Å². The molecule has 96 valence electrons. The molecule has 1 aromatic carbocycles. The van der Waals surface area contributed by atoms with Gasteiger partial charge in [-0.3, -0.25) is 4.90 Å². The van der Waals surface area contributed by atoms with Crippen LogP contribution in [0.3, 0.4) is 0 Å². The average molecular weight is 251 g/mol. The molecule has 18 heavy (non-hydrogen) atoms. The highest BCUT2D eigenvalue weighted by Gasteiger charge is 2.49. The smallest absolute Gasteiger partial charge is 0.408 e. The van der Waals surface area contributed by atoms with Crippen molar-refractivity contribution in [2.75, 3.05) is 6.54 Å². The third-order valence-corrected chi connectivity index (χ3v) is 3.39. The van der Waals surface area contributed by atoms with Gasteiger partial charge >= 0.3 is 12.1 Å². The summed E-state index contributed by atoms with van der Waals surface area (Å²) in [6, 6.07) is 6.45. The van der Waals surface area contributed by atoms with E-state index in [1.807, 2.05) is 0 Å². The molecule has 0 aliphatic carbocycles. The summed E-state index contributed by atoms with van der Waals surface area (Å²) in [5.74, 6) is -1.26. The summed E-state index contributed by atoms with van der Waals surface area (Å²) in [6.07, 6.45) is -2.38. The number of aliphatic carboxylic acids is 1. The van der Waals surface area contributed by atoms with Crippen molar-refractivity contribution in [2.24, 2.45) is 0 Å². The van der Waals surface area contributed by atoms with Gasteiger partial charge in [-0.2, -0.15) is 0 Å². The second-order valence-electron chi connectivity index (χ2n) is 4.37. The Morgan fingerprint density at radius 2 is 1.94 bits per heavy atom. The third-order valence-electron chi connectivity index (χ3n) is 3.39. The summed E-state index contributed by atoms with van der Waals surface area (Å²) in [7, 11) is 0. The number of aliphatic hydroxyl groups is 1. The predicted molar refractivity (Wildman–Crippen MR) is 61.1 cm³/mol. The van der Waals surface area contributed by atoms with E-state index in [0.29, 0.717) is 11.1 Å². The minimum absolute atomic E-state index is 0.255. The lowest BCUT2D eigenvalue weighted by Gasteiger charge is -2.42. The molecule has 0 radical (unpaired) electrons. The number of β-amino-alcohol motifs (C(OH)–C–C–N with tert-alkyl or cyclic N) is 1. The van der Waals surface area contributed by atoms with Crippen LogP contribution in [0.15, 0.2) is 24.3 Å². The van der Waals surface area contributed by atoms with E-state index < -0.39 is 23.7 Å². The van der Waals surface area contributed by atoms with Crippen molar-refractivity contribution in [3.8, 4) is 0 Å². The van der Waals surface area contributed by atoms with E-state index in [1.165, 1.54) is 13.0 Å². The van der Waals surface area contributed by atoms with Gasteiger partial charge in [-0.05, 0) is 18.1 Å². The summed E-state index contributed by atoms with van der Waals surface area (Å²) in [5.41, 5.74) is -0.916. The quantitative estimate of drug-likeness (QED) is 0.692. The fourth-order valence-electron chi connectivity index (χ4n) is 2.33. The Kier molecular flexibility index (Phi) is 2.74. The molecule has 1 amide bonds. The van der Waals surface area contributed by atoms with Gasteiger partial charge in [-0.15, -0.1) is 0 Å². The Labute approximate surface area is 103 Å². The van der Waals surface area contributed by atoms with E-state index in [2.05, 4.69) is 0 Å². The van der Waals surface area contributed by atoms with Gasteiger partial charge in [0.15, 0.2) is 5.54 Å². The van der Waals surface area contributed by atoms with Gasteiger partial charge in [-0.25, -0.2) is 9.59 Å². The summed E-state index contributed by atoms with van der Waals surface area (Å²) in [6.45, 7) is 1.07. The van der Waals surface area contributed by atoms with Crippen molar-refractivity contribution in [3.05, 3.63) is 35.4 Å². The Morgan fingerprint density at radius 3 is 2.50 bits per heavy atom. The maximum atomic E-state index is 11.5. The monoisotopic (exact) mass is 251 g/mol. The van der Waals surface area contributed by atoms with Crippen molar-refractivity contribution in [3.63, 3.8) is 0 Å². The normalized spacial score (nSPS) is 26.6. The van der Waals surface area contributed by atoms with Gasteiger partial charge in [0.05, 0.1) is 12.6 Å². The van der Waals surface area contributed by atoms with Crippen LogP contribution in [0.25, 0.3) is 0 Å². The fourth-order valence-corrected chi connectivity index (χ4v) is 2.33. The van der Waals surface area contributed by atoms with Crippen LogP contribution in [0, 0.1) is 0 Å². The van der Waals surface area contributed by atoms with Crippen LogP contribution in [0.5, 0.6) is 0 Å². The minimum Gasteiger partial charge on any atom is -0.479 e. The molecule has 1 aromatic rings. The average Bonchev–Trinajstić information content (AvgIpc) is 2.33. The van der Waals surface area contributed by atoms with E-state index in [-0.39, 0.29) is 6.54 Å². The minimum atomic E-state index is -1.68. The summed E-state index contributed by atoms with van der Waals surface area (Å²) in [5, 5.41) is 28.4. The molecule has 2 unspecified atom stereocenters. The van der Waals surface area contributed by atoms with Crippen molar-refractivity contribution >= 4 is 12.1 Å². The van der Waals surface area contributed by atoms with E-state index in [9.17, 15) is 19.8 Å². The standard InChI is InChI=1S/C12H13NO5/c1-12(10(15)16)8-5-3-2-4-7(8)9(14)6-13(12)11(17)18/h2-5,9,14H,6H2,1H3,(H,15,16)(H,17,18). The van der Waals surface area contributed by atoms with Crippen molar-refractivity contribution in [1.29, 1.82) is 0 Å². The zero-order valence-electron chi connectivity index (χ0n) is 9.70. The number of amides is 1. The molecule has 1 heterocycles. The molecule has 2 atom stereocenters. The largest absolute Gasteiger partial charge is 0.479 e. The molecule has 0 bridgehead atoms. The lowest BCUT2D eigenvalue weighted by atomic mass is 9.81. The first-order valence-corrected chi connectivity index (χ1v) is 5.40. The highest BCUT2D eigenvalue weighted by atomic mass is 16.4. The Hall–Kier alpha value is -2.08. The van der Waals surface area contributed by atoms with Gasteiger partial charge < -0.3 is 15.3 Å². The van der Waals surface area contributed by atoms with Gasteiger partial charge in [0.2, 0.25) is 0 Å². The maximum absolute atomic E-state index is 11.5. The molecule has 1 aliphatic rings. The molecule has 6 nitrogen and oxygen atoms in total. The Morgan fingerprint density at radius 1 is 1.33 bits per heavy atom. The third kappa shape index (κ3) is 1.53. The number of carbonyl (C=O) groups is 2. The first kappa shape index (κ1) is 12.4. The topological polar surface area (TPSA) is 98.1 Å².